The van der Waals surface area contributed by atoms with Crippen molar-refractivity contribution in [1.82, 2.24) is 20.4 Å². The van der Waals surface area contributed by atoms with Crippen LogP contribution in [0, 0.1) is 0 Å². The zero-order valence-corrected chi connectivity index (χ0v) is 21.2. The SMILES string of the molecule is CCC(CNC(=NC)NCC(c1ccc(OC)cc1)N1CCCC1)N1CCCC1.I. The highest BCUT2D eigenvalue weighted by Crippen LogP contribution is 2.26. The minimum absolute atomic E-state index is 0. The third-order valence-electron chi connectivity index (χ3n) is 6.40. The van der Waals surface area contributed by atoms with E-state index in [1.807, 2.05) is 7.05 Å². The summed E-state index contributed by atoms with van der Waals surface area (Å²) in [6, 6.07) is 9.45. The molecule has 6 nitrogen and oxygen atoms in total. The van der Waals surface area contributed by atoms with Crippen LogP contribution in [0.4, 0.5) is 0 Å². The molecule has 0 aliphatic carbocycles. The van der Waals surface area contributed by atoms with Crippen LogP contribution in [-0.4, -0.2) is 75.2 Å². The van der Waals surface area contributed by atoms with Gasteiger partial charge in [-0.1, -0.05) is 19.1 Å². The number of hydrogen-bond donors (Lipinski definition) is 2. The fourth-order valence-corrected chi connectivity index (χ4v) is 4.60. The Bertz CT molecular complexity index is 627. The van der Waals surface area contributed by atoms with Crippen LogP contribution >= 0.6 is 24.0 Å². The average molecular weight is 530 g/mol. The fraction of sp³-hybridized carbons (Fsp3) is 0.696. The van der Waals surface area contributed by atoms with Gasteiger partial charge in [0.2, 0.25) is 0 Å². The minimum Gasteiger partial charge on any atom is -0.497 e. The van der Waals surface area contributed by atoms with Crippen molar-refractivity contribution in [3.8, 4) is 5.75 Å². The lowest BCUT2D eigenvalue weighted by atomic mass is 10.1. The Balaban J connectivity index is 0.00000320. The molecule has 0 amide bonds. The fourth-order valence-electron chi connectivity index (χ4n) is 4.60. The van der Waals surface area contributed by atoms with Crippen LogP contribution in [0.15, 0.2) is 29.3 Å². The van der Waals surface area contributed by atoms with Gasteiger partial charge in [-0.3, -0.25) is 14.8 Å². The normalized spacial score (nSPS) is 19.9. The lowest BCUT2D eigenvalue weighted by Gasteiger charge is -2.30. The quantitative estimate of drug-likeness (QED) is 0.292. The van der Waals surface area contributed by atoms with Crippen molar-refractivity contribution in [1.29, 1.82) is 0 Å². The summed E-state index contributed by atoms with van der Waals surface area (Å²) in [6.07, 6.45) is 6.42. The van der Waals surface area contributed by atoms with Gasteiger partial charge in [-0.05, 0) is 76.0 Å². The lowest BCUT2D eigenvalue weighted by molar-refractivity contribution is 0.234. The summed E-state index contributed by atoms with van der Waals surface area (Å²) in [5, 5.41) is 7.16. The summed E-state index contributed by atoms with van der Waals surface area (Å²) in [5.41, 5.74) is 1.33. The Morgan fingerprint density at radius 3 is 2.07 bits per heavy atom. The molecule has 2 aliphatic heterocycles. The maximum Gasteiger partial charge on any atom is 0.191 e. The summed E-state index contributed by atoms with van der Waals surface area (Å²) in [4.78, 5) is 9.68. The van der Waals surface area contributed by atoms with Crippen molar-refractivity contribution >= 4 is 29.9 Å². The Morgan fingerprint density at radius 2 is 1.53 bits per heavy atom. The molecule has 1 aromatic rings. The van der Waals surface area contributed by atoms with E-state index < -0.39 is 0 Å². The number of hydrogen-bond acceptors (Lipinski definition) is 4. The second-order valence-corrected chi connectivity index (χ2v) is 8.17. The van der Waals surface area contributed by atoms with Gasteiger partial charge in [0.1, 0.15) is 5.75 Å². The molecule has 2 N–H and O–H groups in total. The monoisotopic (exact) mass is 529 g/mol. The summed E-state index contributed by atoms with van der Waals surface area (Å²) < 4.78 is 5.33. The number of rotatable bonds is 9. The number of ether oxygens (including phenoxy) is 1. The van der Waals surface area contributed by atoms with E-state index in [0.29, 0.717) is 12.1 Å². The molecule has 2 saturated heterocycles. The molecule has 2 heterocycles. The Kier molecular flexibility index (Phi) is 11.2. The molecule has 1 aromatic carbocycles. The second kappa shape index (κ2) is 13.4. The predicted molar refractivity (Wildman–Crippen MR) is 136 cm³/mol. The number of benzene rings is 1. The van der Waals surface area contributed by atoms with E-state index in [0.717, 1.165) is 37.9 Å². The third-order valence-corrected chi connectivity index (χ3v) is 6.40. The topological polar surface area (TPSA) is 52.1 Å². The van der Waals surface area contributed by atoms with Gasteiger partial charge < -0.3 is 15.4 Å². The number of aliphatic imine (C=N–C) groups is 1. The van der Waals surface area contributed by atoms with Crippen molar-refractivity contribution in [2.45, 2.75) is 51.1 Å². The van der Waals surface area contributed by atoms with Crippen molar-refractivity contribution in [2.75, 3.05) is 53.4 Å². The first-order valence-electron chi connectivity index (χ1n) is 11.3. The standard InChI is InChI=1S/C23H39N5O.HI/c1-4-20(27-13-5-6-14-27)17-25-23(24-2)26-18-22(28-15-7-8-16-28)19-9-11-21(29-3)12-10-19;/h9-12,20,22H,4-8,13-18H2,1-3H3,(H2,24,25,26);1H. The van der Waals surface area contributed by atoms with Gasteiger partial charge in [0.25, 0.3) is 0 Å². The molecule has 0 radical (unpaired) electrons. The molecule has 0 saturated carbocycles. The second-order valence-electron chi connectivity index (χ2n) is 8.17. The van der Waals surface area contributed by atoms with E-state index in [4.69, 9.17) is 4.74 Å². The number of methoxy groups -OCH3 is 1. The number of guanidine groups is 1. The molecule has 0 aromatic heterocycles. The number of nitrogens with one attached hydrogen (secondary N) is 2. The molecule has 2 fully saturated rings. The van der Waals surface area contributed by atoms with Crippen molar-refractivity contribution < 1.29 is 4.74 Å². The summed E-state index contributed by atoms with van der Waals surface area (Å²) in [6.45, 7) is 8.89. The van der Waals surface area contributed by atoms with Crippen LogP contribution in [0.3, 0.4) is 0 Å². The molecule has 2 atom stereocenters. The van der Waals surface area contributed by atoms with Gasteiger partial charge in [0.15, 0.2) is 5.96 Å². The van der Waals surface area contributed by atoms with Crippen LogP contribution in [0.2, 0.25) is 0 Å². The van der Waals surface area contributed by atoms with Crippen molar-refractivity contribution in [3.05, 3.63) is 29.8 Å². The van der Waals surface area contributed by atoms with E-state index >= 15 is 0 Å². The van der Waals surface area contributed by atoms with Crippen LogP contribution in [-0.2, 0) is 0 Å². The van der Waals surface area contributed by atoms with Gasteiger partial charge in [0.05, 0.1) is 13.2 Å². The molecular formula is C23H40IN5O. The third kappa shape index (κ3) is 6.99. The van der Waals surface area contributed by atoms with Crippen LogP contribution in [0.25, 0.3) is 0 Å². The molecule has 2 aliphatic rings. The van der Waals surface area contributed by atoms with E-state index in [9.17, 15) is 0 Å². The molecule has 0 spiro atoms. The molecular weight excluding hydrogens is 489 g/mol. The van der Waals surface area contributed by atoms with Crippen LogP contribution < -0.4 is 15.4 Å². The van der Waals surface area contributed by atoms with E-state index in [2.05, 4.69) is 56.6 Å². The summed E-state index contributed by atoms with van der Waals surface area (Å²) in [5.74, 6) is 1.81. The average Bonchev–Trinajstić information content (AvgIpc) is 3.48. The van der Waals surface area contributed by atoms with Crippen molar-refractivity contribution in [3.63, 3.8) is 0 Å². The smallest absolute Gasteiger partial charge is 0.191 e. The Labute approximate surface area is 199 Å². The number of likely N-dealkylation sites (tertiary alicyclic amines) is 2. The zero-order chi connectivity index (χ0) is 20.5. The largest absolute Gasteiger partial charge is 0.497 e. The maximum absolute atomic E-state index is 5.33. The molecule has 0 bridgehead atoms. The number of nitrogens with zero attached hydrogens (tertiary/aromatic N) is 3. The highest BCUT2D eigenvalue weighted by molar-refractivity contribution is 14.0. The van der Waals surface area contributed by atoms with Gasteiger partial charge in [0, 0.05) is 26.2 Å². The number of halogens is 1. The lowest BCUT2D eigenvalue weighted by Crippen LogP contribution is -2.47. The van der Waals surface area contributed by atoms with E-state index in [1.54, 1.807) is 7.11 Å². The first-order valence-corrected chi connectivity index (χ1v) is 11.3. The van der Waals surface area contributed by atoms with Gasteiger partial charge >= 0.3 is 0 Å². The summed E-state index contributed by atoms with van der Waals surface area (Å²) in [7, 11) is 3.58. The highest BCUT2D eigenvalue weighted by atomic mass is 127. The van der Waals surface area contributed by atoms with Gasteiger partial charge in [-0.2, -0.15) is 0 Å². The summed E-state index contributed by atoms with van der Waals surface area (Å²) >= 11 is 0. The van der Waals surface area contributed by atoms with Gasteiger partial charge in [-0.15, -0.1) is 24.0 Å². The zero-order valence-electron chi connectivity index (χ0n) is 18.9. The molecule has 30 heavy (non-hydrogen) atoms. The Morgan fingerprint density at radius 1 is 0.967 bits per heavy atom. The molecule has 7 heteroatoms. The van der Waals surface area contributed by atoms with Crippen LogP contribution in [0.5, 0.6) is 5.75 Å². The van der Waals surface area contributed by atoms with Crippen molar-refractivity contribution in [2.24, 2.45) is 4.99 Å². The maximum atomic E-state index is 5.33. The molecule has 3 rings (SSSR count). The first-order chi connectivity index (χ1) is 14.2. The highest BCUT2D eigenvalue weighted by Gasteiger charge is 2.24. The van der Waals surface area contributed by atoms with E-state index in [-0.39, 0.29) is 24.0 Å². The van der Waals surface area contributed by atoms with Gasteiger partial charge in [-0.25, -0.2) is 0 Å². The van der Waals surface area contributed by atoms with E-state index in [1.165, 1.54) is 50.8 Å². The molecule has 170 valence electrons. The minimum atomic E-state index is 0. The first kappa shape index (κ1) is 25.2. The Hall–Kier alpha value is -1.06. The predicted octanol–water partition coefficient (Wildman–Crippen LogP) is 3.49. The van der Waals surface area contributed by atoms with Crippen LogP contribution in [0.1, 0.15) is 50.6 Å². The molecule has 2 unspecified atom stereocenters.